The van der Waals surface area contributed by atoms with Gasteiger partial charge in [0.05, 0.1) is 11.1 Å². The Labute approximate surface area is 162 Å². The molecule has 1 aliphatic heterocycles. The molecule has 0 bridgehead atoms. The maximum absolute atomic E-state index is 13.2. The van der Waals surface area contributed by atoms with Gasteiger partial charge >= 0.3 is 0 Å². The lowest BCUT2D eigenvalue weighted by molar-refractivity contribution is -0.124. The molecule has 3 N–H and O–H groups in total. The van der Waals surface area contributed by atoms with Crippen LogP contribution in [-0.4, -0.2) is 40.2 Å². The summed E-state index contributed by atoms with van der Waals surface area (Å²) in [4.78, 5) is 14.6. The summed E-state index contributed by atoms with van der Waals surface area (Å²) in [5.74, 6) is -1.22. The van der Waals surface area contributed by atoms with Crippen molar-refractivity contribution in [3.8, 4) is 0 Å². The molecule has 144 valence electrons. The van der Waals surface area contributed by atoms with E-state index in [1.807, 2.05) is 18.2 Å². The van der Waals surface area contributed by atoms with Gasteiger partial charge in [0, 0.05) is 25.3 Å². The SMILES string of the molecule is O=C(Nc1cccc(CN2CCC(O)CC2)c1)C(O)c1ccc(F)c(Cl)c1. The molecule has 1 amide bonds. The number of hydrogen-bond acceptors (Lipinski definition) is 4. The number of aliphatic hydroxyl groups excluding tert-OH is 2. The number of hydrogen-bond donors (Lipinski definition) is 3. The second kappa shape index (κ2) is 8.80. The number of carbonyl (C=O) groups is 1. The molecule has 1 fully saturated rings. The minimum absolute atomic E-state index is 0.145. The standard InChI is InChI=1S/C20H22ClFN2O3/c21-17-11-14(4-5-18(17)22)19(26)20(27)23-15-3-1-2-13(10-15)12-24-8-6-16(25)7-9-24/h1-5,10-11,16,19,25-26H,6-9,12H2,(H,23,27). The van der Waals surface area contributed by atoms with Crippen LogP contribution in [0.2, 0.25) is 5.02 Å². The third kappa shape index (κ3) is 5.26. The first-order valence-electron chi connectivity index (χ1n) is 8.85. The largest absolute Gasteiger partial charge is 0.393 e. The number of benzene rings is 2. The van der Waals surface area contributed by atoms with Crippen LogP contribution in [0, 0.1) is 5.82 Å². The minimum Gasteiger partial charge on any atom is -0.393 e. The Balaban J connectivity index is 1.63. The molecule has 1 atom stereocenters. The molecule has 2 aromatic carbocycles. The predicted molar refractivity (Wildman–Crippen MR) is 102 cm³/mol. The van der Waals surface area contributed by atoms with Gasteiger partial charge in [-0.05, 0) is 48.2 Å². The van der Waals surface area contributed by atoms with Crippen molar-refractivity contribution < 1.29 is 19.4 Å². The molecule has 0 spiro atoms. The van der Waals surface area contributed by atoms with E-state index in [9.17, 15) is 19.4 Å². The minimum atomic E-state index is -1.45. The van der Waals surface area contributed by atoms with Gasteiger partial charge in [-0.3, -0.25) is 9.69 Å². The number of piperidine rings is 1. The third-order valence-electron chi connectivity index (χ3n) is 4.67. The Bertz CT molecular complexity index is 810. The molecule has 1 unspecified atom stereocenters. The zero-order valence-corrected chi connectivity index (χ0v) is 15.5. The third-order valence-corrected chi connectivity index (χ3v) is 4.96. The molecule has 0 aromatic heterocycles. The summed E-state index contributed by atoms with van der Waals surface area (Å²) in [6.45, 7) is 2.40. The molecule has 1 saturated heterocycles. The van der Waals surface area contributed by atoms with Crippen LogP contribution in [0.4, 0.5) is 10.1 Å². The van der Waals surface area contributed by atoms with Gasteiger partial charge in [-0.15, -0.1) is 0 Å². The van der Waals surface area contributed by atoms with E-state index in [1.165, 1.54) is 12.1 Å². The average Bonchev–Trinajstić information content (AvgIpc) is 2.65. The van der Waals surface area contributed by atoms with Gasteiger partial charge in [0.25, 0.3) is 5.91 Å². The number of aliphatic hydroxyl groups is 2. The fourth-order valence-electron chi connectivity index (χ4n) is 3.13. The van der Waals surface area contributed by atoms with Crippen molar-refractivity contribution in [1.29, 1.82) is 0 Å². The van der Waals surface area contributed by atoms with E-state index in [1.54, 1.807) is 6.07 Å². The maximum atomic E-state index is 13.2. The lowest BCUT2D eigenvalue weighted by atomic mass is 10.1. The first-order valence-corrected chi connectivity index (χ1v) is 9.23. The van der Waals surface area contributed by atoms with Crippen LogP contribution >= 0.6 is 11.6 Å². The molecule has 0 radical (unpaired) electrons. The van der Waals surface area contributed by atoms with Crippen molar-refractivity contribution in [3.63, 3.8) is 0 Å². The zero-order chi connectivity index (χ0) is 19.4. The molecular weight excluding hydrogens is 371 g/mol. The molecule has 7 heteroatoms. The van der Waals surface area contributed by atoms with E-state index in [0.717, 1.165) is 44.1 Å². The Morgan fingerprint density at radius 3 is 2.70 bits per heavy atom. The summed E-state index contributed by atoms with van der Waals surface area (Å²) in [7, 11) is 0. The Morgan fingerprint density at radius 1 is 1.26 bits per heavy atom. The van der Waals surface area contributed by atoms with Gasteiger partial charge < -0.3 is 15.5 Å². The van der Waals surface area contributed by atoms with Crippen LogP contribution in [-0.2, 0) is 11.3 Å². The number of rotatable bonds is 5. The molecule has 1 heterocycles. The topological polar surface area (TPSA) is 72.8 Å². The molecule has 27 heavy (non-hydrogen) atoms. The highest BCUT2D eigenvalue weighted by molar-refractivity contribution is 6.30. The summed E-state index contributed by atoms with van der Waals surface area (Å²) in [6, 6.07) is 11.1. The summed E-state index contributed by atoms with van der Waals surface area (Å²) in [5, 5.41) is 22.3. The first-order chi connectivity index (χ1) is 12.9. The zero-order valence-electron chi connectivity index (χ0n) is 14.7. The van der Waals surface area contributed by atoms with Crippen molar-refractivity contribution in [2.24, 2.45) is 0 Å². The van der Waals surface area contributed by atoms with Gasteiger partial charge in [-0.25, -0.2) is 4.39 Å². The van der Waals surface area contributed by atoms with E-state index < -0.39 is 17.8 Å². The average molecular weight is 393 g/mol. The molecule has 0 saturated carbocycles. The second-order valence-corrected chi connectivity index (χ2v) is 7.18. The molecule has 0 aliphatic carbocycles. The lowest BCUT2D eigenvalue weighted by Crippen LogP contribution is -2.35. The Morgan fingerprint density at radius 2 is 2.00 bits per heavy atom. The first kappa shape index (κ1) is 19.8. The van der Waals surface area contributed by atoms with Crippen LogP contribution in [0.15, 0.2) is 42.5 Å². The lowest BCUT2D eigenvalue weighted by Gasteiger charge is -2.29. The summed E-state index contributed by atoms with van der Waals surface area (Å²) in [6.07, 6.45) is -0.130. The van der Waals surface area contributed by atoms with Crippen molar-refractivity contribution in [3.05, 3.63) is 64.4 Å². The van der Waals surface area contributed by atoms with Gasteiger partial charge in [-0.1, -0.05) is 29.8 Å². The number of nitrogens with one attached hydrogen (secondary N) is 1. The number of likely N-dealkylation sites (tertiary alicyclic amines) is 1. The highest BCUT2D eigenvalue weighted by Gasteiger charge is 2.20. The number of nitrogens with zero attached hydrogens (tertiary/aromatic N) is 1. The number of amides is 1. The van der Waals surface area contributed by atoms with E-state index in [-0.39, 0.29) is 16.7 Å². The normalized spacial score (nSPS) is 16.9. The van der Waals surface area contributed by atoms with Crippen molar-refractivity contribution in [1.82, 2.24) is 4.90 Å². The van der Waals surface area contributed by atoms with E-state index in [4.69, 9.17) is 11.6 Å². The van der Waals surface area contributed by atoms with Crippen LogP contribution in [0.1, 0.15) is 30.1 Å². The van der Waals surface area contributed by atoms with Crippen molar-refractivity contribution >= 4 is 23.2 Å². The van der Waals surface area contributed by atoms with Gasteiger partial charge in [0.1, 0.15) is 5.82 Å². The predicted octanol–water partition coefficient (Wildman–Crippen LogP) is 3.11. The van der Waals surface area contributed by atoms with Crippen LogP contribution in [0.5, 0.6) is 0 Å². The fourth-order valence-corrected chi connectivity index (χ4v) is 3.32. The van der Waals surface area contributed by atoms with Gasteiger partial charge in [-0.2, -0.15) is 0 Å². The number of halogens is 2. The number of anilines is 1. The molecule has 2 aromatic rings. The summed E-state index contributed by atoms with van der Waals surface area (Å²) >= 11 is 5.71. The second-order valence-electron chi connectivity index (χ2n) is 6.77. The van der Waals surface area contributed by atoms with Crippen LogP contribution < -0.4 is 5.32 Å². The Kier molecular flexibility index (Phi) is 6.44. The fraction of sp³-hybridized carbons (Fsp3) is 0.350. The van der Waals surface area contributed by atoms with Gasteiger partial charge in [0.2, 0.25) is 0 Å². The highest BCUT2D eigenvalue weighted by Crippen LogP contribution is 2.23. The van der Waals surface area contributed by atoms with E-state index >= 15 is 0 Å². The van der Waals surface area contributed by atoms with Crippen molar-refractivity contribution in [2.45, 2.75) is 31.6 Å². The molecular formula is C20H22ClFN2O3. The molecule has 3 rings (SSSR count). The smallest absolute Gasteiger partial charge is 0.257 e. The maximum Gasteiger partial charge on any atom is 0.257 e. The summed E-state index contributed by atoms with van der Waals surface area (Å²) < 4.78 is 13.2. The number of carbonyl (C=O) groups excluding carboxylic acids is 1. The van der Waals surface area contributed by atoms with Gasteiger partial charge in [0.15, 0.2) is 6.10 Å². The molecule has 1 aliphatic rings. The van der Waals surface area contributed by atoms with E-state index in [0.29, 0.717) is 5.69 Å². The highest BCUT2D eigenvalue weighted by atomic mass is 35.5. The quantitative estimate of drug-likeness (QED) is 0.731. The van der Waals surface area contributed by atoms with Crippen molar-refractivity contribution in [2.75, 3.05) is 18.4 Å². The summed E-state index contributed by atoms with van der Waals surface area (Å²) in [5.41, 5.74) is 1.83. The monoisotopic (exact) mass is 392 g/mol. The van der Waals surface area contributed by atoms with Crippen LogP contribution in [0.3, 0.4) is 0 Å². The van der Waals surface area contributed by atoms with Crippen LogP contribution in [0.25, 0.3) is 0 Å². The Hall–Kier alpha value is -1.99. The van der Waals surface area contributed by atoms with E-state index in [2.05, 4.69) is 10.2 Å². The molecule has 5 nitrogen and oxygen atoms in total.